The maximum Gasteiger partial charge on any atom is 0.319 e. The van der Waals surface area contributed by atoms with Gasteiger partial charge in [0.15, 0.2) is 5.82 Å². The van der Waals surface area contributed by atoms with Crippen molar-refractivity contribution in [3.8, 4) is 29.6 Å². The average Bonchev–Trinajstić information content (AvgIpc) is 3.69. The van der Waals surface area contributed by atoms with Gasteiger partial charge >= 0.3 is 6.01 Å². The number of ether oxygens (including phenoxy) is 1. The second kappa shape index (κ2) is 10.6. The Labute approximate surface area is 248 Å². The lowest BCUT2D eigenvalue weighted by Gasteiger charge is -2.31. The van der Waals surface area contributed by atoms with Gasteiger partial charge in [0, 0.05) is 55.8 Å². The molecule has 0 bridgehead atoms. The summed E-state index contributed by atoms with van der Waals surface area (Å²) in [6.07, 6.45) is 9.44. The number of hydrogen-bond acceptors (Lipinski definition) is 7. The zero-order valence-corrected chi connectivity index (χ0v) is 24.2. The quantitative estimate of drug-likeness (QED) is 0.310. The summed E-state index contributed by atoms with van der Waals surface area (Å²) in [4.78, 5) is 18.0. The molecule has 43 heavy (non-hydrogen) atoms. The van der Waals surface area contributed by atoms with Gasteiger partial charge in [-0.2, -0.15) is 9.97 Å². The van der Waals surface area contributed by atoms with Crippen LogP contribution in [0.2, 0.25) is 0 Å². The van der Waals surface area contributed by atoms with Gasteiger partial charge in [0.25, 0.3) is 0 Å². The molecule has 2 aromatic carbocycles. The number of rotatable bonds is 6. The number of nitrogens with zero attached hydrogens (tertiary/aromatic N) is 5. The monoisotopic (exact) mass is 586 g/mol. The van der Waals surface area contributed by atoms with E-state index >= 15 is 4.39 Å². The van der Waals surface area contributed by atoms with Crippen LogP contribution in [0.15, 0.2) is 36.5 Å². The van der Waals surface area contributed by atoms with Crippen molar-refractivity contribution >= 4 is 27.5 Å². The second-order valence-electron chi connectivity index (χ2n) is 12.2. The van der Waals surface area contributed by atoms with Crippen LogP contribution in [-0.2, 0) is 0 Å². The predicted molar refractivity (Wildman–Crippen MR) is 161 cm³/mol. The fourth-order valence-electron chi connectivity index (χ4n) is 7.26. The number of hydrogen-bond donors (Lipinski definition) is 1. The number of alkyl halides is 1. The van der Waals surface area contributed by atoms with Crippen LogP contribution in [0.1, 0.15) is 38.2 Å². The molecule has 0 aliphatic carbocycles. The second-order valence-corrected chi connectivity index (χ2v) is 12.2. The largest absolute Gasteiger partial charge is 0.461 e. The van der Waals surface area contributed by atoms with Crippen molar-refractivity contribution in [2.75, 3.05) is 38.2 Å². The summed E-state index contributed by atoms with van der Waals surface area (Å²) in [5, 5.41) is 4.97. The summed E-state index contributed by atoms with van der Waals surface area (Å²) < 4.78 is 52.0. The summed E-state index contributed by atoms with van der Waals surface area (Å²) in [6, 6.07) is 8.64. The van der Waals surface area contributed by atoms with E-state index in [4.69, 9.17) is 16.1 Å². The van der Waals surface area contributed by atoms with Crippen LogP contribution in [-0.4, -0.2) is 76.9 Å². The normalized spacial score (nSPS) is 25.3. The van der Waals surface area contributed by atoms with Crippen LogP contribution in [0.25, 0.3) is 32.9 Å². The van der Waals surface area contributed by atoms with E-state index in [0.29, 0.717) is 46.5 Å². The van der Waals surface area contributed by atoms with Crippen molar-refractivity contribution in [3.05, 3.63) is 53.7 Å². The fraction of sp³-hybridized carbons (Fsp3) is 0.424. The van der Waals surface area contributed by atoms with Crippen LogP contribution < -0.4 is 15.0 Å². The molecule has 0 amide bonds. The number of aromatic nitrogens is 3. The summed E-state index contributed by atoms with van der Waals surface area (Å²) >= 11 is 0. The van der Waals surface area contributed by atoms with E-state index in [1.165, 1.54) is 6.07 Å². The number of halogens is 3. The molecule has 3 fully saturated rings. The number of pyridine rings is 1. The molecule has 0 unspecified atom stereocenters. The van der Waals surface area contributed by atoms with Gasteiger partial charge in [0.2, 0.25) is 0 Å². The van der Waals surface area contributed by atoms with E-state index in [1.807, 2.05) is 11.9 Å². The third kappa shape index (κ3) is 4.66. The highest BCUT2D eigenvalue weighted by atomic mass is 19.1. The van der Waals surface area contributed by atoms with Crippen LogP contribution in [0.5, 0.6) is 6.01 Å². The van der Waals surface area contributed by atoms with E-state index in [0.717, 1.165) is 32.4 Å². The van der Waals surface area contributed by atoms with Crippen molar-refractivity contribution in [2.45, 2.75) is 56.4 Å². The first-order valence-corrected chi connectivity index (χ1v) is 14.8. The number of anilines is 1. The van der Waals surface area contributed by atoms with E-state index in [-0.39, 0.29) is 35.4 Å². The highest BCUT2D eigenvalue weighted by Gasteiger charge is 2.49. The van der Waals surface area contributed by atoms with Crippen molar-refractivity contribution in [1.29, 1.82) is 0 Å². The first-order valence-electron chi connectivity index (χ1n) is 14.8. The van der Waals surface area contributed by atoms with Crippen LogP contribution in [0.4, 0.5) is 19.0 Å². The molecule has 3 aliphatic heterocycles. The number of nitrogens with one attached hydrogen (secondary N) is 1. The van der Waals surface area contributed by atoms with E-state index in [2.05, 4.69) is 33.0 Å². The SMILES string of the molecule is C#Cc1c(F)ccc2cccc(-c3ncc4c(N(C)[C@H]5CN[C@@H](C)C5)nc(OC[C@@]56CCCN5C[C@H](F)C6)nc4c3F)c12. The summed E-state index contributed by atoms with van der Waals surface area (Å²) in [5.41, 5.74) is 0.0604. The molecule has 10 heteroatoms. The molecule has 0 saturated carbocycles. The van der Waals surface area contributed by atoms with Crippen LogP contribution in [0.3, 0.4) is 0 Å². The Morgan fingerprint density at radius 2 is 2.09 bits per heavy atom. The Hall–Kier alpha value is -3.94. The Morgan fingerprint density at radius 1 is 1.23 bits per heavy atom. The van der Waals surface area contributed by atoms with Gasteiger partial charge in [-0.15, -0.1) is 6.42 Å². The van der Waals surface area contributed by atoms with Crippen LogP contribution >= 0.6 is 0 Å². The van der Waals surface area contributed by atoms with Gasteiger partial charge in [-0.25, -0.2) is 13.2 Å². The lowest BCUT2D eigenvalue weighted by molar-refractivity contribution is 0.107. The first-order chi connectivity index (χ1) is 20.8. The zero-order valence-electron chi connectivity index (χ0n) is 24.2. The first kappa shape index (κ1) is 27.9. The van der Waals surface area contributed by atoms with Gasteiger partial charge in [-0.1, -0.05) is 30.2 Å². The molecule has 3 aliphatic rings. The molecule has 0 spiro atoms. The van der Waals surface area contributed by atoms with Gasteiger partial charge in [-0.05, 0) is 44.2 Å². The summed E-state index contributed by atoms with van der Waals surface area (Å²) in [6.45, 7) is 4.32. The highest BCUT2D eigenvalue weighted by Crippen LogP contribution is 2.41. The zero-order chi connectivity index (χ0) is 29.9. The number of likely N-dealkylation sites (N-methyl/N-ethyl adjacent to an activating group) is 1. The Morgan fingerprint density at radius 3 is 2.88 bits per heavy atom. The molecule has 7 nitrogen and oxygen atoms in total. The van der Waals surface area contributed by atoms with Gasteiger partial charge in [0.1, 0.15) is 35.6 Å². The minimum atomic E-state index is -0.899. The van der Waals surface area contributed by atoms with Gasteiger partial charge in [0.05, 0.1) is 16.5 Å². The highest BCUT2D eigenvalue weighted by molar-refractivity contribution is 6.02. The number of fused-ring (bicyclic) bond motifs is 3. The molecule has 1 N–H and O–H groups in total. The molecule has 2 aromatic heterocycles. The fourth-order valence-corrected chi connectivity index (χ4v) is 7.26. The molecule has 0 radical (unpaired) electrons. The standard InChI is InChI=1S/C33H33F3N6O/c1-4-23-26(35)10-9-20-7-5-8-24(27(20)23)29-28(36)30-25(16-38-29)31(41(3)22-13-19(2)37-15-22)40-32(39-30)43-18-33-11-6-12-42(33)17-21(34)14-33/h1,5,7-10,16,19,21-22,37H,6,11-15,17-18H2,2-3H3/t19-,21+,22+,33-/m0/s1. The lowest BCUT2D eigenvalue weighted by atomic mass is 9.95. The van der Waals surface area contributed by atoms with E-state index < -0.39 is 23.3 Å². The minimum Gasteiger partial charge on any atom is -0.461 e. The topological polar surface area (TPSA) is 66.4 Å². The Balaban J connectivity index is 1.36. The molecule has 7 rings (SSSR count). The minimum absolute atomic E-state index is 0.00577. The molecular weight excluding hydrogens is 553 g/mol. The lowest BCUT2D eigenvalue weighted by Crippen LogP contribution is -2.43. The molecule has 5 heterocycles. The third-order valence-corrected chi connectivity index (χ3v) is 9.48. The summed E-state index contributed by atoms with van der Waals surface area (Å²) in [5.74, 6) is 1.68. The summed E-state index contributed by atoms with van der Waals surface area (Å²) in [7, 11) is 1.93. The third-order valence-electron chi connectivity index (χ3n) is 9.48. The maximum atomic E-state index is 16.6. The van der Waals surface area contributed by atoms with Gasteiger partial charge in [-0.3, -0.25) is 9.88 Å². The van der Waals surface area contributed by atoms with E-state index in [1.54, 1.807) is 30.5 Å². The van der Waals surface area contributed by atoms with Gasteiger partial charge < -0.3 is 15.0 Å². The number of benzene rings is 2. The number of terminal acetylenes is 1. The molecule has 4 aromatic rings. The average molecular weight is 587 g/mol. The Kier molecular flexibility index (Phi) is 6.90. The molecular formula is C33H33F3N6O. The van der Waals surface area contributed by atoms with Crippen LogP contribution in [0, 0.1) is 24.0 Å². The molecule has 3 saturated heterocycles. The maximum absolute atomic E-state index is 16.6. The van der Waals surface area contributed by atoms with Crippen molar-refractivity contribution in [1.82, 2.24) is 25.2 Å². The Bertz CT molecular complexity index is 1780. The van der Waals surface area contributed by atoms with Crippen molar-refractivity contribution < 1.29 is 17.9 Å². The van der Waals surface area contributed by atoms with E-state index in [9.17, 15) is 8.78 Å². The van der Waals surface area contributed by atoms with Crippen molar-refractivity contribution in [3.63, 3.8) is 0 Å². The molecule has 222 valence electrons. The predicted octanol–water partition coefficient (Wildman–Crippen LogP) is 5.25. The smallest absolute Gasteiger partial charge is 0.319 e. The molecule has 4 atom stereocenters. The van der Waals surface area contributed by atoms with Crippen molar-refractivity contribution in [2.24, 2.45) is 0 Å².